The van der Waals surface area contributed by atoms with Gasteiger partial charge in [0.05, 0.1) is 18.3 Å². The van der Waals surface area contributed by atoms with Crippen molar-refractivity contribution in [2.75, 3.05) is 18.9 Å². The number of aliphatic hydroxyl groups excluding tert-OH is 3. The molecule has 0 unspecified atom stereocenters. The van der Waals surface area contributed by atoms with Gasteiger partial charge in [0.2, 0.25) is 5.72 Å². The highest BCUT2D eigenvalue weighted by molar-refractivity contribution is 5.81. The molecule has 0 aliphatic carbocycles. The van der Waals surface area contributed by atoms with Crippen LogP contribution in [0.5, 0.6) is 0 Å². The van der Waals surface area contributed by atoms with E-state index >= 15 is 0 Å². The number of aliphatic hydroxyl groups is 3. The Morgan fingerprint density at radius 3 is 2.67 bits per heavy atom. The van der Waals surface area contributed by atoms with E-state index in [4.69, 9.17) is 15.2 Å². The van der Waals surface area contributed by atoms with Crippen molar-refractivity contribution in [3.63, 3.8) is 0 Å². The Kier molecular flexibility index (Phi) is 4.80. The van der Waals surface area contributed by atoms with Gasteiger partial charge >= 0.3 is 5.97 Å². The second kappa shape index (κ2) is 6.68. The van der Waals surface area contributed by atoms with Gasteiger partial charge in [0.1, 0.15) is 36.8 Å². The van der Waals surface area contributed by atoms with Crippen molar-refractivity contribution in [1.82, 2.24) is 19.5 Å². The minimum Gasteiger partial charge on any atom is -0.460 e. The van der Waals surface area contributed by atoms with Gasteiger partial charge in [0.25, 0.3) is 0 Å². The molecular weight excluding hydrogens is 358 g/mol. The first-order valence-electron chi connectivity index (χ1n) is 8.38. The molecule has 3 heterocycles. The molecule has 148 valence electrons. The standard InChI is InChI=1S/C16H23N5O6/c1-15(2,3)14(25)26-5-16(11(24)10(23)8(4-22)27-16)21-7-20-9-12(17)18-6-19-13(9)21/h6-8,10-11,22-24H,4-5H2,1-3H3,(H2,17,18,19)/t8-,10-,11-,16-/m1/s1. The number of nitrogens with two attached hydrogens (primary N) is 1. The quantitative estimate of drug-likeness (QED) is 0.471. The fraction of sp³-hybridized carbons (Fsp3) is 0.625. The monoisotopic (exact) mass is 381 g/mol. The smallest absolute Gasteiger partial charge is 0.311 e. The van der Waals surface area contributed by atoms with Crippen LogP contribution in [0.2, 0.25) is 0 Å². The summed E-state index contributed by atoms with van der Waals surface area (Å²) in [4.78, 5) is 24.3. The first-order chi connectivity index (χ1) is 12.6. The highest BCUT2D eigenvalue weighted by atomic mass is 16.6. The van der Waals surface area contributed by atoms with Gasteiger partial charge in [-0.25, -0.2) is 15.0 Å². The first-order valence-corrected chi connectivity index (χ1v) is 8.38. The summed E-state index contributed by atoms with van der Waals surface area (Å²) in [7, 11) is 0. The number of esters is 1. The van der Waals surface area contributed by atoms with E-state index in [1.54, 1.807) is 20.8 Å². The first kappa shape index (κ1) is 19.4. The van der Waals surface area contributed by atoms with Crippen molar-refractivity contribution in [2.45, 2.75) is 44.8 Å². The number of aromatic nitrogens is 4. The molecular formula is C16H23N5O6. The second-order valence-electron chi connectivity index (χ2n) is 7.49. The van der Waals surface area contributed by atoms with Crippen molar-refractivity contribution in [1.29, 1.82) is 0 Å². The zero-order chi connectivity index (χ0) is 20.0. The van der Waals surface area contributed by atoms with Gasteiger partial charge in [-0.3, -0.25) is 9.36 Å². The number of ether oxygens (including phenoxy) is 2. The van der Waals surface area contributed by atoms with E-state index in [9.17, 15) is 20.1 Å². The summed E-state index contributed by atoms with van der Waals surface area (Å²) >= 11 is 0. The van der Waals surface area contributed by atoms with Crippen LogP contribution in [-0.4, -0.2) is 72.3 Å². The molecule has 5 N–H and O–H groups in total. The third-order valence-corrected chi connectivity index (χ3v) is 4.49. The molecule has 11 heteroatoms. The number of hydrogen-bond acceptors (Lipinski definition) is 10. The van der Waals surface area contributed by atoms with Crippen molar-refractivity contribution in [2.24, 2.45) is 5.41 Å². The molecule has 27 heavy (non-hydrogen) atoms. The molecule has 1 aliphatic heterocycles. The maximum atomic E-state index is 12.2. The summed E-state index contributed by atoms with van der Waals surface area (Å²) in [5.74, 6) is -0.412. The summed E-state index contributed by atoms with van der Waals surface area (Å²) < 4.78 is 12.5. The third-order valence-electron chi connectivity index (χ3n) is 4.49. The number of nitrogen functional groups attached to an aromatic ring is 1. The van der Waals surface area contributed by atoms with Crippen LogP contribution in [0, 0.1) is 5.41 Å². The van der Waals surface area contributed by atoms with Gasteiger partial charge in [-0.05, 0) is 20.8 Å². The average Bonchev–Trinajstić information content (AvgIpc) is 3.15. The van der Waals surface area contributed by atoms with Gasteiger partial charge in [0.15, 0.2) is 11.5 Å². The lowest BCUT2D eigenvalue weighted by atomic mass is 9.97. The maximum Gasteiger partial charge on any atom is 0.311 e. The molecule has 3 rings (SSSR count). The molecule has 1 fully saturated rings. The van der Waals surface area contributed by atoms with Crippen molar-refractivity contribution in [3.05, 3.63) is 12.7 Å². The number of nitrogens with zero attached hydrogens (tertiary/aromatic N) is 4. The molecule has 4 atom stereocenters. The SMILES string of the molecule is CC(C)(C)C(=O)OC[C@@]1(n2cnc3c(N)ncnc32)O[C@H](CO)[C@@H](O)[C@H]1O. The fourth-order valence-corrected chi connectivity index (χ4v) is 2.92. The van der Waals surface area contributed by atoms with E-state index in [-0.39, 0.29) is 17.0 Å². The minimum absolute atomic E-state index is 0.118. The Hall–Kier alpha value is -2.34. The van der Waals surface area contributed by atoms with E-state index in [2.05, 4.69) is 15.0 Å². The Balaban J connectivity index is 2.08. The van der Waals surface area contributed by atoms with Crippen molar-refractivity contribution in [3.8, 4) is 0 Å². The Morgan fingerprint density at radius 2 is 2.07 bits per heavy atom. The van der Waals surface area contributed by atoms with Gasteiger partial charge in [0, 0.05) is 0 Å². The number of imidazole rings is 1. The largest absolute Gasteiger partial charge is 0.460 e. The second-order valence-corrected chi connectivity index (χ2v) is 7.49. The molecule has 0 radical (unpaired) electrons. The van der Waals surface area contributed by atoms with Crippen LogP contribution >= 0.6 is 0 Å². The Labute approximate surface area is 154 Å². The fourth-order valence-electron chi connectivity index (χ4n) is 2.92. The summed E-state index contributed by atoms with van der Waals surface area (Å²) in [6, 6.07) is 0. The normalized spacial score (nSPS) is 28.6. The molecule has 0 bridgehead atoms. The summed E-state index contributed by atoms with van der Waals surface area (Å²) in [5, 5.41) is 30.5. The molecule has 1 aliphatic rings. The lowest BCUT2D eigenvalue weighted by molar-refractivity contribution is -0.193. The zero-order valence-corrected chi connectivity index (χ0v) is 15.2. The van der Waals surface area contributed by atoms with Gasteiger partial charge < -0.3 is 30.5 Å². The van der Waals surface area contributed by atoms with Gasteiger partial charge in [-0.2, -0.15) is 0 Å². The summed E-state index contributed by atoms with van der Waals surface area (Å²) in [5.41, 5.74) is 3.75. The van der Waals surface area contributed by atoms with Crippen LogP contribution in [0.1, 0.15) is 20.8 Å². The highest BCUT2D eigenvalue weighted by Gasteiger charge is 2.57. The lowest BCUT2D eigenvalue weighted by Crippen LogP contribution is -2.50. The summed E-state index contributed by atoms with van der Waals surface area (Å²) in [6.07, 6.45) is -1.52. The van der Waals surface area contributed by atoms with E-state index in [0.717, 1.165) is 0 Å². The van der Waals surface area contributed by atoms with Crippen LogP contribution in [0.25, 0.3) is 11.2 Å². The number of fused-ring (bicyclic) bond motifs is 1. The molecule has 0 saturated carbocycles. The average molecular weight is 381 g/mol. The van der Waals surface area contributed by atoms with E-state index in [1.807, 2.05) is 0 Å². The third kappa shape index (κ3) is 3.12. The van der Waals surface area contributed by atoms with Crippen LogP contribution in [0.3, 0.4) is 0 Å². The van der Waals surface area contributed by atoms with Crippen LogP contribution < -0.4 is 5.73 Å². The van der Waals surface area contributed by atoms with E-state index < -0.39 is 48.6 Å². The molecule has 1 saturated heterocycles. The Morgan fingerprint density at radius 1 is 1.37 bits per heavy atom. The topological polar surface area (TPSA) is 166 Å². The highest BCUT2D eigenvalue weighted by Crippen LogP contribution is 2.38. The number of rotatable bonds is 4. The number of hydrogen-bond donors (Lipinski definition) is 4. The predicted molar refractivity (Wildman–Crippen MR) is 92.1 cm³/mol. The van der Waals surface area contributed by atoms with E-state index in [0.29, 0.717) is 0 Å². The lowest BCUT2D eigenvalue weighted by Gasteiger charge is -2.33. The van der Waals surface area contributed by atoms with Crippen molar-refractivity contribution < 1.29 is 29.6 Å². The zero-order valence-electron chi connectivity index (χ0n) is 15.2. The number of anilines is 1. The van der Waals surface area contributed by atoms with Crippen LogP contribution in [0.15, 0.2) is 12.7 Å². The molecule has 0 amide bonds. The number of carbonyl (C=O) groups is 1. The molecule has 2 aromatic heterocycles. The summed E-state index contributed by atoms with van der Waals surface area (Å²) in [6.45, 7) is 4.06. The van der Waals surface area contributed by atoms with Gasteiger partial charge in [-0.1, -0.05) is 0 Å². The predicted octanol–water partition coefficient (Wildman–Crippen LogP) is -1.24. The Bertz CT molecular complexity index is 849. The molecule has 0 spiro atoms. The minimum atomic E-state index is -1.75. The van der Waals surface area contributed by atoms with Crippen molar-refractivity contribution >= 4 is 23.0 Å². The van der Waals surface area contributed by atoms with Crippen LogP contribution in [-0.2, 0) is 20.0 Å². The molecule has 0 aromatic carbocycles. The van der Waals surface area contributed by atoms with Gasteiger partial charge in [-0.15, -0.1) is 0 Å². The molecule has 11 nitrogen and oxygen atoms in total. The van der Waals surface area contributed by atoms with E-state index in [1.165, 1.54) is 17.2 Å². The maximum absolute atomic E-state index is 12.2. The number of carbonyl (C=O) groups excluding carboxylic acids is 1. The van der Waals surface area contributed by atoms with Crippen LogP contribution in [0.4, 0.5) is 5.82 Å². The molecule has 2 aromatic rings.